The highest BCUT2D eigenvalue weighted by molar-refractivity contribution is 5.27. The second-order valence-corrected chi connectivity index (χ2v) is 5.03. The molecule has 17 heavy (non-hydrogen) atoms. The van der Waals surface area contributed by atoms with Gasteiger partial charge in [-0.3, -0.25) is 0 Å². The van der Waals surface area contributed by atoms with Gasteiger partial charge < -0.3 is 4.57 Å². The van der Waals surface area contributed by atoms with E-state index in [4.69, 9.17) is 0 Å². The van der Waals surface area contributed by atoms with E-state index in [1.165, 1.54) is 37.7 Å². The zero-order chi connectivity index (χ0) is 11.5. The summed E-state index contributed by atoms with van der Waals surface area (Å²) in [6.07, 6.45) is 11.4. The number of hydrogen-bond acceptors (Lipinski definition) is 0. The van der Waals surface area contributed by atoms with Crippen molar-refractivity contribution in [1.82, 2.24) is 4.57 Å². The van der Waals surface area contributed by atoms with Crippen LogP contribution in [0.2, 0.25) is 0 Å². The minimum atomic E-state index is 1.01. The number of nitrogens with zero attached hydrogens (tertiary/aromatic N) is 1. The van der Waals surface area contributed by atoms with Crippen LogP contribution in [0.4, 0.5) is 0 Å². The van der Waals surface area contributed by atoms with Crippen LogP contribution in [-0.2, 0) is 19.4 Å². The average Bonchev–Trinajstić information content (AvgIpc) is 2.60. The first-order chi connectivity index (χ1) is 8.42. The number of rotatable bonds is 2. The minimum absolute atomic E-state index is 1.01. The van der Waals surface area contributed by atoms with Crippen LogP contribution in [0, 0.1) is 0 Å². The smallest absolute Gasteiger partial charge is 0.0470 e. The van der Waals surface area contributed by atoms with Crippen molar-refractivity contribution >= 4 is 0 Å². The standard InChI is InChI=1S/C16H19N/c1-3-7-14(8-4-1)11-17-12-15-9-5-2-6-10-16(15)13-17/h1,3-4,7-8,12-13H,2,5-6,9-11H2. The molecule has 0 atom stereocenters. The van der Waals surface area contributed by atoms with Crippen LogP contribution in [-0.4, -0.2) is 4.57 Å². The van der Waals surface area contributed by atoms with Crippen molar-refractivity contribution in [2.45, 2.75) is 38.6 Å². The van der Waals surface area contributed by atoms with Gasteiger partial charge in [0.2, 0.25) is 0 Å². The van der Waals surface area contributed by atoms with E-state index in [1.54, 1.807) is 11.1 Å². The van der Waals surface area contributed by atoms with Gasteiger partial charge in [0.15, 0.2) is 0 Å². The monoisotopic (exact) mass is 225 g/mol. The van der Waals surface area contributed by atoms with E-state index in [0.29, 0.717) is 0 Å². The third kappa shape index (κ3) is 2.44. The Kier molecular flexibility index (Phi) is 3.00. The lowest BCUT2D eigenvalue weighted by atomic mass is 10.1. The molecule has 0 saturated carbocycles. The van der Waals surface area contributed by atoms with E-state index < -0.39 is 0 Å². The van der Waals surface area contributed by atoms with Gasteiger partial charge in [0.05, 0.1) is 0 Å². The molecule has 0 amide bonds. The Labute approximate surface area is 103 Å². The molecule has 0 spiro atoms. The molecule has 0 bridgehead atoms. The van der Waals surface area contributed by atoms with Crippen LogP contribution in [0.25, 0.3) is 0 Å². The highest BCUT2D eigenvalue weighted by Crippen LogP contribution is 2.21. The van der Waals surface area contributed by atoms with E-state index in [-0.39, 0.29) is 0 Å². The summed E-state index contributed by atoms with van der Waals surface area (Å²) in [6.45, 7) is 1.01. The summed E-state index contributed by atoms with van der Waals surface area (Å²) in [5.41, 5.74) is 4.55. The third-order valence-electron chi connectivity index (χ3n) is 3.66. The lowest BCUT2D eigenvalue weighted by Crippen LogP contribution is -1.96. The molecule has 1 heterocycles. The molecule has 3 rings (SSSR count). The molecule has 1 aromatic carbocycles. The Balaban J connectivity index is 1.81. The lowest BCUT2D eigenvalue weighted by molar-refractivity contribution is 0.701. The van der Waals surface area contributed by atoms with Gasteiger partial charge in [0, 0.05) is 18.9 Å². The third-order valence-corrected chi connectivity index (χ3v) is 3.66. The van der Waals surface area contributed by atoms with E-state index in [9.17, 15) is 0 Å². The van der Waals surface area contributed by atoms with Crippen LogP contribution >= 0.6 is 0 Å². The molecule has 1 aromatic heterocycles. The molecule has 0 fully saturated rings. The van der Waals surface area contributed by atoms with Crippen molar-refractivity contribution in [2.75, 3.05) is 0 Å². The van der Waals surface area contributed by atoms with Crippen LogP contribution in [0.1, 0.15) is 36.0 Å². The fraction of sp³-hybridized carbons (Fsp3) is 0.375. The fourth-order valence-corrected chi connectivity index (χ4v) is 2.75. The second kappa shape index (κ2) is 4.79. The first-order valence-corrected chi connectivity index (χ1v) is 6.63. The van der Waals surface area contributed by atoms with E-state index in [2.05, 4.69) is 47.3 Å². The lowest BCUT2D eigenvalue weighted by Gasteiger charge is -2.02. The average molecular weight is 225 g/mol. The second-order valence-electron chi connectivity index (χ2n) is 5.03. The molecule has 0 radical (unpaired) electrons. The molecule has 0 aliphatic heterocycles. The molecule has 1 heteroatoms. The predicted octanol–water partition coefficient (Wildman–Crippen LogP) is 3.81. The van der Waals surface area contributed by atoms with Crippen LogP contribution in [0.15, 0.2) is 42.7 Å². The maximum Gasteiger partial charge on any atom is 0.0470 e. The van der Waals surface area contributed by atoms with E-state index >= 15 is 0 Å². The quantitative estimate of drug-likeness (QED) is 0.685. The van der Waals surface area contributed by atoms with E-state index in [1.807, 2.05) is 0 Å². The van der Waals surface area contributed by atoms with Gasteiger partial charge >= 0.3 is 0 Å². The van der Waals surface area contributed by atoms with Crippen molar-refractivity contribution in [3.05, 3.63) is 59.4 Å². The normalized spacial score (nSPS) is 15.3. The molecular weight excluding hydrogens is 206 g/mol. The van der Waals surface area contributed by atoms with Crippen molar-refractivity contribution in [3.63, 3.8) is 0 Å². The Morgan fingerprint density at radius 1 is 0.824 bits per heavy atom. The molecular formula is C16H19N. The van der Waals surface area contributed by atoms with Gasteiger partial charge in [-0.25, -0.2) is 0 Å². The highest BCUT2D eigenvalue weighted by atomic mass is 14.9. The largest absolute Gasteiger partial charge is 0.349 e. The van der Waals surface area contributed by atoms with Crippen molar-refractivity contribution < 1.29 is 0 Å². The number of aromatic nitrogens is 1. The summed E-state index contributed by atoms with van der Waals surface area (Å²) in [4.78, 5) is 0. The number of hydrogen-bond donors (Lipinski definition) is 0. The van der Waals surface area contributed by atoms with Gasteiger partial charge in [0.1, 0.15) is 0 Å². The van der Waals surface area contributed by atoms with Gasteiger partial charge in [-0.2, -0.15) is 0 Å². The van der Waals surface area contributed by atoms with Gasteiger partial charge in [-0.05, 0) is 42.4 Å². The maximum atomic E-state index is 2.35. The fourth-order valence-electron chi connectivity index (χ4n) is 2.75. The van der Waals surface area contributed by atoms with Crippen LogP contribution in [0.5, 0.6) is 0 Å². The molecule has 0 saturated heterocycles. The predicted molar refractivity (Wildman–Crippen MR) is 71.2 cm³/mol. The summed E-state index contributed by atoms with van der Waals surface area (Å²) < 4.78 is 2.35. The molecule has 0 unspecified atom stereocenters. The van der Waals surface area contributed by atoms with Crippen molar-refractivity contribution in [1.29, 1.82) is 0 Å². The Hall–Kier alpha value is -1.50. The van der Waals surface area contributed by atoms with Gasteiger partial charge in [0.25, 0.3) is 0 Å². The summed E-state index contributed by atoms with van der Waals surface area (Å²) in [6, 6.07) is 10.7. The topological polar surface area (TPSA) is 4.93 Å². The molecule has 1 aliphatic carbocycles. The van der Waals surface area contributed by atoms with Crippen LogP contribution in [0.3, 0.4) is 0 Å². The first kappa shape index (κ1) is 10.6. The summed E-state index contributed by atoms with van der Waals surface area (Å²) in [7, 11) is 0. The maximum absolute atomic E-state index is 2.35. The molecule has 2 aromatic rings. The Morgan fingerprint density at radius 3 is 2.12 bits per heavy atom. The molecule has 1 nitrogen and oxygen atoms in total. The molecule has 0 N–H and O–H groups in total. The van der Waals surface area contributed by atoms with Gasteiger partial charge in [-0.1, -0.05) is 36.8 Å². The van der Waals surface area contributed by atoms with Crippen LogP contribution < -0.4 is 0 Å². The first-order valence-electron chi connectivity index (χ1n) is 6.63. The van der Waals surface area contributed by atoms with E-state index in [0.717, 1.165) is 6.54 Å². The number of benzene rings is 1. The number of aryl methyl sites for hydroxylation is 2. The van der Waals surface area contributed by atoms with Gasteiger partial charge in [-0.15, -0.1) is 0 Å². The summed E-state index contributed by atoms with van der Waals surface area (Å²) >= 11 is 0. The number of fused-ring (bicyclic) bond motifs is 1. The SMILES string of the molecule is c1ccc(Cn2cc3c(c2)CCCCC3)cc1. The van der Waals surface area contributed by atoms with Crippen molar-refractivity contribution in [3.8, 4) is 0 Å². The highest BCUT2D eigenvalue weighted by Gasteiger charge is 2.10. The summed E-state index contributed by atoms with van der Waals surface area (Å²) in [5.74, 6) is 0. The minimum Gasteiger partial charge on any atom is -0.349 e. The zero-order valence-electron chi connectivity index (χ0n) is 10.2. The molecule has 1 aliphatic rings. The molecule has 88 valence electrons. The summed E-state index contributed by atoms with van der Waals surface area (Å²) in [5, 5.41) is 0. The zero-order valence-corrected chi connectivity index (χ0v) is 10.2. The van der Waals surface area contributed by atoms with Crippen molar-refractivity contribution in [2.24, 2.45) is 0 Å². The Morgan fingerprint density at radius 2 is 1.47 bits per heavy atom. The Bertz CT molecular complexity index is 458.